The lowest BCUT2D eigenvalue weighted by Gasteiger charge is -2.20. The molecule has 0 aliphatic rings. The number of amides is 1. The summed E-state index contributed by atoms with van der Waals surface area (Å²) in [5, 5.41) is 3.37. The third kappa shape index (κ3) is 6.27. The van der Waals surface area contributed by atoms with Gasteiger partial charge in [0.25, 0.3) is 0 Å². The Morgan fingerprint density at radius 2 is 1.88 bits per heavy atom. The molecule has 134 valence electrons. The number of halogens is 3. The summed E-state index contributed by atoms with van der Waals surface area (Å²) in [5.41, 5.74) is 1.21. The second kappa shape index (κ2) is 8.51. The number of anilines is 1. The average Bonchev–Trinajstić information content (AvgIpc) is 2.49. The van der Waals surface area contributed by atoms with E-state index in [1.54, 1.807) is 36.4 Å². The van der Waals surface area contributed by atoms with Crippen molar-refractivity contribution in [2.24, 2.45) is 0 Å². The van der Waals surface area contributed by atoms with Gasteiger partial charge in [0.05, 0.1) is 22.8 Å². The van der Waals surface area contributed by atoms with Crippen LogP contribution in [0.4, 0.5) is 5.69 Å². The molecule has 0 fully saturated rings. The molecule has 0 heterocycles. The molecule has 0 radical (unpaired) electrons. The van der Waals surface area contributed by atoms with Crippen LogP contribution in [0, 0.1) is 0 Å². The Kier molecular flexibility index (Phi) is 6.87. The fourth-order valence-corrected chi connectivity index (χ4v) is 3.51. The van der Waals surface area contributed by atoms with E-state index in [0.29, 0.717) is 21.3 Å². The number of hydrogen-bond donors (Lipinski definition) is 1. The van der Waals surface area contributed by atoms with Crippen LogP contribution in [-0.4, -0.2) is 31.4 Å². The smallest absolute Gasteiger partial charge is 0.239 e. The summed E-state index contributed by atoms with van der Waals surface area (Å²) >= 11 is 15.1. The number of carbonyl (C=O) groups excluding carboxylic acids is 1. The van der Waals surface area contributed by atoms with Crippen molar-refractivity contribution < 1.29 is 13.2 Å². The summed E-state index contributed by atoms with van der Waals surface area (Å²) < 4.78 is 25.9. The summed E-state index contributed by atoms with van der Waals surface area (Å²) in [6, 6.07) is 11.9. The van der Waals surface area contributed by atoms with Crippen LogP contribution in [0.1, 0.15) is 5.56 Å². The minimum Gasteiger partial charge on any atom is -0.325 e. The summed E-state index contributed by atoms with van der Waals surface area (Å²) in [7, 11) is -3.59. The molecule has 0 atom stereocenters. The third-order valence-electron chi connectivity index (χ3n) is 3.24. The zero-order valence-electron chi connectivity index (χ0n) is 13.2. The second-order valence-electron chi connectivity index (χ2n) is 5.34. The van der Waals surface area contributed by atoms with Gasteiger partial charge in [-0.15, -0.1) is 0 Å². The highest BCUT2D eigenvalue weighted by Gasteiger charge is 2.21. The van der Waals surface area contributed by atoms with E-state index in [1.165, 1.54) is 0 Å². The first-order valence-corrected chi connectivity index (χ1v) is 10.5. The van der Waals surface area contributed by atoms with E-state index < -0.39 is 15.9 Å². The number of sulfonamides is 1. The Labute approximate surface area is 165 Å². The Hall–Kier alpha value is -1.12. The molecule has 2 aromatic carbocycles. The Bertz CT molecular complexity index is 891. The van der Waals surface area contributed by atoms with Gasteiger partial charge in [-0.25, -0.2) is 8.42 Å². The van der Waals surface area contributed by atoms with Crippen molar-refractivity contribution in [2.45, 2.75) is 6.54 Å². The van der Waals surface area contributed by atoms with Gasteiger partial charge in [0.15, 0.2) is 0 Å². The first-order chi connectivity index (χ1) is 11.6. The van der Waals surface area contributed by atoms with Crippen molar-refractivity contribution in [3.8, 4) is 0 Å². The zero-order chi connectivity index (χ0) is 18.6. The highest BCUT2D eigenvalue weighted by molar-refractivity contribution is 9.10. The van der Waals surface area contributed by atoms with Crippen LogP contribution in [0.3, 0.4) is 0 Å². The van der Waals surface area contributed by atoms with Gasteiger partial charge in [0.2, 0.25) is 15.9 Å². The largest absolute Gasteiger partial charge is 0.325 e. The lowest BCUT2D eigenvalue weighted by Crippen LogP contribution is -2.36. The van der Waals surface area contributed by atoms with Crippen LogP contribution in [0.15, 0.2) is 46.9 Å². The van der Waals surface area contributed by atoms with Crippen LogP contribution in [0.5, 0.6) is 0 Å². The number of hydrogen-bond acceptors (Lipinski definition) is 3. The molecule has 0 unspecified atom stereocenters. The van der Waals surface area contributed by atoms with Crippen molar-refractivity contribution in [3.63, 3.8) is 0 Å². The molecule has 1 N–H and O–H groups in total. The Morgan fingerprint density at radius 3 is 2.48 bits per heavy atom. The van der Waals surface area contributed by atoms with Gasteiger partial charge in [-0.2, -0.15) is 4.31 Å². The van der Waals surface area contributed by atoms with Gasteiger partial charge >= 0.3 is 0 Å². The molecule has 0 aromatic heterocycles. The number of rotatable bonds is 6. The predicted octanol–water partition coefficient (Wildman–Crippen LogP) is 4.16. The Balaban J connectivity index is 2.12. The third-order valence-corrected chi connectivity index (χ3v) is 5.67. The molecule has 0 aliphatic carbocycles. The summed E-state index contributed by atoms with van der Waals surface area (Å²) in [6.45, 7) is -0.298. The minimum atomic E-state index is -3.59. The Morgan fingerprint density at radius 1 is 1.16 bits per heavy atom. The van der Waals surface area contributed by atoms with Crippen molar-refractivity contribution >= 4 is 60.7 Å². The van der Waals surface area contributed by atoms with Gasteiger partial charge < -0.3 is 5.32 Å². The predicted molar refractivity (Wildman–Crippen MR) is 104 cm³/mol. The summed E-state index contributed by atoms with van der Waals surface area (Å²) in [6.07, 6.45) is 1.05. The normalized spacial score (nSPS) is 11.6. The molecule has 25 heavy (non-hydrogen) atoms. The lowest BCUT2D eigenvalue weighted by molar-refractivity contribution is -0.116. The van der Waals surface area contributed by atoms with Crippen LogP contribution in [0.25, 0.3) is 0 Å². The van der Waals surface area contributed by atoms with Crippen molar-refractivity contribution in [1.29, 1.82) is 0 Å². The summed E-state index contributed by atoms with van der Waals surface area (Å²) in [4.78, 5) is 12.2. The maximum Gasteiger partial charge on any atom is 0.239 e. The second-order valence-corrected chi connectivity index (χ2v) is 9.05. The van der Waals surface area contributed by atoms with E-state index in [1.807, 2.05) is 6.07 Å². The molecule has 5 nitrogen and oxygen atoms in total. The van der Waals surface area contributed by atoms with Crippen molar-refractivity contribution in [1.82, 2.24) is 4.31 Å². The van der Waals surface area contributed by atoms with Crippen molar-refractivity contribution in [3.05, 3.63) is 62.5 Å². The van der Waals surface area contributed by atoms with Gasteiger partial charge in [0.1, 0.15) is 0 Å². The molecule has 0 saturated heterocycles. The fourth-order valence-electron chi connectivity index (χ4n) is 2.06. The molecule has 0 bridgehead atoms. The summed E-state index contributed by atoms with van der Waals surface area (Å²) in [5.74, 6) is -0.441. The van der Waals surface area contributed by atoms with E-state index in [2.05, 4.69) is 21.2 Å². The maximum absolute atomic E-state index is 12.2. The van der Waals surface area contributed by atoms with Gasteiger partial charge in [-0.3, -0.25) is 4.79 Å². The van der Waals surface area contributed by atoms with E-state index >= 15 is 0 Å². The van der Waals surface area contributed by atoms with Crippen LogP contribution >= 0.6 is 39.1 Å². The standard InChI is InChI=1S/C16H15BrCl2N2O3S/c1-25(23,24)21(9-11-5-6-14(18)15(19)7-11)10-16(22)20-13-4-2-3-12(17)8-13/h2-8H,9-10H2,1H3,(H,20,22). The van der Waals surface area contributed by atoms with Crippen LogP contribution in [-0.2, 0) is 21.4 Å². The van der Waals surface area contributed by atoms with Crippen LogP contribution in [0.2, 0.25) is 10.0 Å². The molecule has 0 aliphatic heterocycles. The quantitative estimate of drug-likeness (QED) is 0.696. The zero-order valence-corrected chi connectivity index (χ0v) is 17.1. The first-order valence-electron chi connectivity index (χ1n) is 7.09. The average molecular weight is 466 g/mol. The molecule has 9 heteroatoms. The van der Waals surface area contributed by atoms with Gasteiger partial charge in [-0.1, -0.05) is 51.3 Å². The highest BCUT2D eigenvalue weighted by atomic mass is 79.9. The number of nitrogens with one attached hydrogen (secondary N) is 1. The van der Waals surface area contributed by atoms with E-state index in [9.17, 15) is 13.2 Å². The van der Waals surface area contributed by atoms with E-state index in [0.717, 1.165) is 15.0 Å². The fraction of sp³-hybridized carbons (Fsp3) is 0.188. The number of nitrogens with zero attached hydrogens (tertiary/aromatic N) is 1. The number of carbonyl (C=O) groups is 1. The lowest BCUT2D eigenvalue weighted by atomic mass is 10.2. The molecule has 2 aromatic rings. The maximum atomic E-state index is 12.2. The topological polar surface area (TPSA) is 66.5 Å². The van der Waals surface area contributed by atoms with Crippen molar-refractivity contribution in [2.75, 3.05) is 18.1 Å². The molecule has 0 saturated carbocycles. The van der Waals surface area contributed by atoms with Gasteiger partial charge in [0, 0.05) is 16.7 Å². The molecule has 0 spiro atoms. The number of benzene rings is 2. The molecule has 2 rings (SSSR count). The van der Waals surface area contributed by atoms with Gasteiger partial charge in [-0.05, 0) is 35.9 Å². The molecular weight excluding hydrogens is 451 g/mol. The molecule has 1 amide bonds. The minimum absolute atomic E-state index is 0.0155. The highest BCUT2D eigenvalue weighted by Crippen LogP contribution is 2.23. The van der Waals surface area contributed by atoms with E-state index in [4.69, 9.17) is 23.2 Å². The molecular formula is C16H15BrCl2N2O3S. The van der Waals surface area contributed by atoms with Crippen LogP contribution < -0.4 is 5.32 Å². The monoisotopic (exact) mass is 464 g/mol. The first kappa shape index (κ1) is 20.2. The SMILES string of the molecule is CS(=O)(=O)N(CC(=O)Nc1cccc(Br)c1)Cc1ccc(Cl)c(Cl)c1. The van der Waals surface area contributed by atoms with E-state index in [-0.39, 0.29) is 13.1 Å².